The highest BCUT2D eigenvalue weighted by Crippen LogP contribution is 2.13. The summed E-state index contributed by atoms with van der Waals surface area (Å²) >= 11 is 1.57. The zero-order valence-electron chi connectivity index (χ0n) is 10.4. The van der Waals surface area contributed by atoms with Gasteiger partial charge in [-0.2, -0.15) is 0 Å². The van der Waals surface area contributed by atoms with Crippen molar-refractivity contribution < 1.29 is 9.13 Å². The first-order chi connectivity index (χ1) is 9.79. The number of nitrogens with zero attached hydrogens (tertiary/aromatic N) is 4. The highest BCUT2D eigenvalue weighted by molar-refractivity contribution is 7.09. The lowest BCUT2D eigenvalue weighted by atomic mass is 10.3. The summed E-state index contributed by atoms with van der Waals surface area (Å²) in [5, 5.41) is 10.9. The molecule has 0 aliphatic rings. The van der Waals surface area contributed by atoms with Crippen molar-refractivity contribution in [3.8, 4) is 5.75 Å². The number of hydrogen-bond acceptors (Lipinski definition) is 5. The minimum Gasteiger partial charge on any atom is -0.487 e. The van der Waals surface area contributed by atoms with Crippen molar-refractivity contribution in [2.75, 3.05) is 0 Å². The maximum absolute atomic E-state index is 13.0. The molecule has 0 radical (unpaired) electrons. The van der Waals surface area contributed by atoms with Gasteiger partial charge in [-0.1, -0.05) is 11.3 Å². The normalized spacial score (nSPS) is 10.7. The lowest BCUT2D eigenvalue weighted by Gasteiger charge is -2.02. The Morgan fingerprint density at radius 2 is 2.30 bits per heavy atom. The number of thiazole rings is 1. The zero-order chi connectivity index (χ0) is 13.8. The van der Waals surface area contributed by atoms with Crippen molar-refractivity contribution >= 4 is 11.3 Å². The predicted molar refractivity (Wildman–Crippen MR) is 72.0 cm³/mol. The van der Waals surface area contributed by atoms with E-state index in [2.05, 4.69) is 15.3 Å². The van der Waals surface area contributed by atoms with Crippen LogP contribution in [0.15, 0.2) is 42.0 Å². The minimum atomic E-state index is -0.324. The van der Waals surface area contributed by atoms with Crippen LogP contribution in [0.5, 0.6) is 5.75 Å². The molecule has 0 atom stereocenters. The first-order valence-electron chi connectivity index (χ1n) is 5.95. The molecule has 2 aromatic heterocycles. The Balaban J connectivity index is 1.60. The van der Waals surface area contributed by atoms with Crippen molar-refractivity contribution in [3.63, 3.8) is 0 Å². The summed E-state index contributed by atoms with van der Waals surface area (Å²) < 4.78 is 20.1. The van der Waals surface area contributed by atoms with Crippen LogP contribution in [-0.2, 0) is 13.2 Å². The van der Waals surface area contributed by atoms with Crippen molar-refractivity contribution in [1.82, 2.24) is 20.0 Å². The van der Waals surface area contributed by atoms with Crippen LogP contribution >= 0.6 is 11.3 Å². The van der Waals surface area contributed by atoms with Gasteiger partial charge in [0.2, 0.25) is 0 Å². The Hall–Kier alpha value is -2.28. The van der Waals surface area contributed by atoms with Crippen LogP contribution < -0.4 is 4.74 Å². The average molecular weight is 290 g/mol. The summed E-state index contributed by atoms with van der Waals surface area (Å²) in [6.07, 6.45) is 3.55. The van der Waals surface area contributed by atoms with E-state index in [1.807, 2.05) is 5.38 Å². The molecule has 0 aliphatic heterocycles. The van der Waals surface area contributed by atoms with Gasteiger partial charge in [-0.25, -0.2) is 14.1 Å². The summed E-state index contributed by atoms with van der Waals surface area (Å²) in [5.74, 6) is 0.148. The van der Waals surface area contributed by atoms with Gasteiger partial charge in [-0.05, 0) is 12.1 Å². The van der Waals surface area contributed by atoms with E-state index in [-0.39, 0.29) is 12.4 Å². The summed E-state index contributed by atoms with van der Waals surface area (Å²) in [6.45, 7) is 0.839. The van der Waals surface area contributed by atoms with Crippen LogP contribution in [0.25, 0.3) is 0 Å². The fourth-order valence-corrected chi connectivity index (χ4v) is 2.27. The maximum Gasteiger partial charge on any atom is 0.134 e. The van der Waals surface area contributed by atoms with Crippen LogP contribution in [0.3, 0.4) is 0 Å². The first-order valence-corrected chi connectivity index (χ1v) is 6.83. The molecule has 2 heterocycles. The zero-order valence-corrected chi connectivity index (χ0v) is 11.3. The van der Waals surface area contributed by atoms with Gasteiger partial charge in [-0.3, -0.25) is 0 Å². The number of ether oxygens (including phenoxy) is 1. The molecule has 3 rings (SSSR count). The van der Waals surface area contributed by atoms with Gasteiger partial charge in [0, 0.05) is 17.6 Å². The molecule has 0 amide bonds. The molecule has 0 bridgehead atoms. The van der Waals surface area contributed by atoms with Crippen molar-refractivity contribution in [3.05, 3.63) is 58.6 Å². The van der Waals surface area contributed by atoms with Gasteiger partial charge in [0.25, 0.3) is 0 Å². The number of rotatable bonds is 5. The Morgan fingerprint density at radius 1 is 1.35 bits per heavy atom. The summed E-state index contributed by atoms with van der Waals surface area (Å²) in [4.78, 5) is 4.18. The predicted octanol–water partition coefficient (Wildman–Crippen LogP) is 2.50. The van der Waals surface area contributed by atoms with Gasteiger partial charge in [-0.15, -0.1) is 16.4 Å². The topological polar surface area (TPSA) is 52.8 Å². The Labute approximate surface area is 118 Å². The second-order valence-electron chi connectivity index (χ2n) is 4.08. The van der Waals surface area contributed by atoms with Crippen molar-refractivity contribution in [1.29, 1.82) is 0 Å². The number of benzene rings is 1. The van der Waals surface area contributed by atoms with E-state index in [9.17, 15) is 4.39 Å². The summed E-state index contributed by atoms with van der Waals surface area (Å²) in [6, 6.07) is 6.00. The van der Waals surface area contributed by atoms with Crippen molar-refractivity contribution in [2.45, 2.75) is 13.2 Å². The number of halogens is 1. The van der Waals surface area contributed by atoms with E-state index in [0.29, 0.717) is 18.0 Å². The molecule has 7 heteroatoms. The summed E-state index contributed by atoms with van der Waals surface area (Å²) in [5.41, 5.74) is 0.686. The molecule has 3 aromatic rings. The highest BCUT2D eigenvalue weighted by atomic mass is 32.1. The molecule has 102 valence electrons. The smallest absolute Gasteiger partial charge is 0.134 e. The van der Waals surface area contributed by atoms with Gasteiger partial charge < -0.3 is 4.74 Å². The van der Waals surface area contributed by atoms with Gasteiger partial charge >= 0.3 is 0 Å². The highest BCUT2D eigenvalue weighted by Gasteiger charge is 2.04. The van der Waals surface area contributed by atoms with E-state index in [1.54, 1.807) is 40.5 Å². The van der Waals surface area contributed by atoms with Gasteiger partial charge in [0.15, 0.2) is 0 Å². The second-order valence-corrected chi connectivity index (χ2v) is 5.06. The molecule has 0 N–H and O–H groups in total. The van der Waals surface area contributed by atoms with Gasteiger partial charge in [0.05, 0.1) is 12.7 Å². The van der Waals surface area contributed by atoms with Crippen LogP contribution in [0, 0.1) is 5.82 Å². The molecule has 0 aliphatic carbocycles. The molecule has 0 saturated heterocycles. The Bertz CT molecular complexity index is 683. The first kappa shape index (κ1) is 12.7. The third-order valence-corrected chi connectivity index (χ3v) is 3.31. The third kappa shape index (κ3) is 3.18. The molecular weight excluding hydrogens is 279 g/mol. The third-order valence-electron chi connectivity index (χ3n) is 2.55. The Morgan fingerprint density at radius 3 is 3.10 bits per heavy atom. The molecule has 0 fully saturated rings. The average Bonchev–Trinajstić information content (AvgIpc) is 3.09. The minimum absolute atomic E-state index is 0.251. The fraction of sp³-hybridized carbons (Fsp3) is 0.154. The molecule has 5 nitrogen and oxygen atoms in total. The molecule has 0 saturated carbocycles. The van der Waals surface area contributed by atoms with Crippen molar-refractivity contribution in [2.24, 2.45) is 0 Å². The molecule has 20 heavy (non-hydrogen) atoms. The molecule has 1 aromatic carbocycles. The largest absolute Gasteiger partial charge is 0.487 e. The Kier molecular flexibility index (Phi) is 3.69. The fourth-order valence-electron chi connectivity index (χ4n) is 1.67. The number of hydrogen-bond donors (Lipinski definition) is 0. The SMILES string of the molecule is Fc1cccc(OCc2cn(Cc3nccs3)nn2)c1. The van der Waals surface area contributed by atoms with Crippen LogP contribution in [-0.4, -0.2) is 20.0 Å². The lowest BCUT2D eigenvalue weighted by molar-refractivity contribution is 0.299. The quantitative estimate of drug-likeness (QED) is 0.724. The van der Waals surface area contributed by atoms with E-state index in [0.717, 1.165) is 5.01 Å². The van der Waals surface area contributed by atoms with E-state index in [1.165, 1.54) is 12.1 Å². The van der Waals surface area contributed by atoms with Gasteiger partial charge in [0.1, 0.15) is 28.9 Å². The molecular formula is C13H11FN4OS. The molecule has 0 unspecified atom stereocenters. The molecule has 0 spiro atoms. The summed E-state index contributed by atoms with van der Waals surface area (Å²) in [7, 11) is 0. The standard InChI is InChI=1S/C13H11FN4OS/c14-10-2-1-3-12(6-10)19-9-11-7-18(17-16-11)8-13-15-4-5-20-13/h1-7H,8-9H2. The van der Waals surface area contributed by atoms with E-state index >= 15 is 0 Å². The maximum atomic E-state index is 13.0. The lowest BCUT2D eigenvalue weighted by Crippen LogP contribution is -1.99. The second kappa shape index (κ2) is 5.79. The van der Waals surface area contributed by atoms with Crippen LogP contribution in [0.1, 0.15) is 10.7 Å². The van der Waals surface area contributed by atoms with E-state index < -0.39 is 0 Å². The number of aromatic nitrogens is 4. The van der Waals surface area contributed by atoms with E-state index in [4.69, 9.17) is 4.74 Å². The van der Waals surface area contributed by atoms with Crippen LogP contribution in [0.4, 0.5) is 4.39 Å². The monoisotopic (exact) mass is 290 g/mol. The van der Waals surface area contributed by atoms with Crippen LogP contribution in [0.2, 0.25) is 0 Å².